The van der Waals surface area contributed by atoms with Gasteiger partial charge in [-0.1, -0.05) is 39.3 Å². The highest BCUT2D eigenvalue weighted by Gasteiger charge is 2.54. The number of benzene rings is 1. The van der Waals surface area contributed by atoms with E-state index < -0.39 is 41.5 Å². The molecule has 2 aliphatic carbocycles. The summed E-state index contributed by atoms with van der Waals surface area (Å²) in [6.07, 6.45) is 0.420. The Balaban J connectivity index is 1.14. The first kappa shape index (κ1) is 40.3. The highest BCUT2D eigenvalue weighted by molar-refractivity contribution is 7.14. The molecule has 0 spiro atoms. The average molecular weight is 812 g/mol. The standard InChI is InChI=1S/C40H54ClN7O7S/c1-20(2)43-38-45-29(19-56-38)28-15-32(25-8-9-31(33(41)34(25)44-28)53-18-22-17-52-11-10-47(22)7)54-24-14-30(36(42)49)48(16-24)37(50)35(40(4,5)6)46-39(51)55-23-12-26-21(3)27(26)13-23/h8-9,15,19-24,26-27,30,35H,10-14,16-18H2,1-7H3,(H2,42,49)(H,43,45)(H,46,51)/t21?,22-,23?,24?,26-,27+,30+,35-/m1/s1. The second-order valence-electron chi connectivity index (χ2n) is 17.2. The maximum atomic E-state index is 14.3. The lowest BCUT2D eigenvalue weighted by Crippen LogP contribution is -2.57. The van der Waals surface area contributed by atoms with Gasteiger partial charge >= 0.3 is 6.09 Å². The van der Waals surface area contributed by atoms with E-state index in [1.807, 2.05) is 53.1 Å². The maximum Gasteiger partial charge on any atom is 0.408 e. The van der Waals surface area contributed by atoms with Gasteiger partial charge in [0.2, 0.25) is 11.8 Å². The van der Waals surface area contributed by atoms with E-state index in [1.54, 1.807) is 12.1 Å². The second-order valence-corrected chi connectivity index (χ2v) is 18.4. The molecule has 4 aliphatic rings. The molecule has 2 aliphatic heterocycles. The van der Waals surface area contributed by atoms with Gasteiger partial charge in [-0.15, -0.1) is 11.3 Å². The zero-order chi connectivity index (χ0) is 40.1. The SMILES string of the molecule is CC(C)Nc1nc(-c2cc(OC3C[C@@H](C(N)=O)N(C(=O)[C@@H](NC(=O)OC4C[C@@H]5C(C)[C@@H]5C4)C(C)(C)C)C3)c3ccc(OC[C@H]4COCCN4C)c(Cl)c3n2)cs1. The zero-order valence-corrected chi connectivity index (χ0v) is 34.7. The molecule has 14 nitrogen and oxygen atoms in total. The van der Waals surface area contributed by atoms with Gasteiger partial charge in [0, 0.05) is 35.8 Å². The Morgan fingerprint density at radius 1 is 1.09 bits per heavy atom. The predicted molar refractivity (Wildman–Crippen MR) is 215 cm³/mol. The Labute approximate surface area is 337 Å². The molecule has 4 heterocycles. The van der Waals surface area contributed by atoms with Gasteiger partial charge in [0.05, 0.1) is 37.0 Å². The number of alkyl carbamates (subject to hydrolysis) is 1. The summed E-state index contributed by atoms with van der Waals surface area (Å²) in [5.74, 6) is 1.72. The predicted octanol–water partition coefficient (Wildman–Crippen LogP) is 5.56. The van der Waals surface area contributed by atoms with Crippen LogP contribution in [0.2, 0.25) is 5.02 Å². The number of hydrogen-bond acceptors (Lipinski definition) is 12. The highest BCUT2D eigenvalue weighted by atomic mass is 35.5. The van der Waals surface area contributed by atoms with Gasteiger partial charge in [-0.25, -0.2) is 14.8 Å². The smallest absolute Gasteiger partial charge is 0.408 e. The summed E-state index contributed by atoms with van der Waals surface area (Å²) in [5, 5.41) is 9.77. The van der Waals surface area contributed by atoms with E-state index >= 15 is 0 Å². The molecule has 3 aromatic rings. The van der Waals surface area contributed by atoms with Crippen molar-refractivity contribution < 1.29 is 33.3 Å². The molecule has 3 amide bonds. The van der Waals surface area contributed by atoms with Crippen molar-refractivity contribution in [2.75, 3.05) is 45.3 Å². The molecule has 4 fully saturated rings. The summed E-state index contributed by atoms with van der Waals surface area (Å²) in [7, 11) is 2.04. The second kappa shape index (κ2) is 16.1. The minimum absolute atomic E-state index is 0.0594. The summed E-state index contributed by atoms with van der Waals surface area (Å²) in [6, 6.07) is 3.76. The van der Waals surface area contributed by atoms with Gasteiger partial charge in [0.15, 0.2) is 5.13 Å². The number of rotatable bonds is 12. The number of nitrogens with one attached hydrogen (secondary N) is 2. The number of morpholine rings is 1. The number of hydrogen-bond donors (Lipinski definition) is 3. The number of likely N-dealkylation sites (tertiary alicyclic amines) is 1. The molecule has 56 heavy (non-hydrogen) atoms. The number of ether oxygens (including phenoxy) is 4. The number of anilines is 1. The Hall–Kier alpha value is -3.92. The topological polar surface area (TPSA) is 170 Å². The lowest BCUT2D eigenvalue weighted by atomic mass is 9.85. The lowest BCUT2D eigenvalue weighted by molar-refractivity contribution is -0.141. The van der Waals surface area contributed by atoms with E-state index in [9.17, 15) is 14.4 Å². The Morgan fingerprint density at radius 2 is 1.84 bits per heavy atom. The quantitative estimate of drug-likeness (QED) is 0.209. The van der Waals surface area contributed by atoms with Crippen LogP contribution in [0.15, 0.2) is 23.6 Å². The molecular formula is C40H54ClN7O7S. The van der Waals surface area contributed by atoms with Crippen LogP contribution < -0.4 is 25.8 Å². The zero-order valence-electron chi connectivity index (χ0n) is 33.2. The fraction of sp³-hybridized carbons (Fsp3) is 0.625. The van der Waals surface area contributed by atoms with Crippen molar-refractivity contribution in [1.29, 1.82) is 0 Å². The van der Waals surface area contributed by atoms with Crippen molar-refractivity contribution in [3.8, 4) is 22.9 Å². The number of primary amides is 1. The van der Waals surface area contributed by atoms with E-state index in [0.29, 0.717) is 76.4 Å². The van der Waals surface area contributed by atoms with Crippen LogP contribution in [-0.4, -0.2) is 114 Å². The van der Waals surface area contributed by atoms with Gasteiger partial charge in [-0.3, -0.25) is 14.5 Å². The molecule has 4 N–H and O–H groups in total. The number of aromatic nitrogens is 2. The number of thiazole rings is 1. The molecule has 16 heteroatoms. The van der Waals surface area contributed by atoms with Crippen LogP contribution in [0.4, 0.5) is 9.93 Å². The van der Waals surface area contributed by atoms with Crippen molar-refractivity contribution >= 4 is 56.9 Å². The Morgan fingerprint density at radius 3 is 2.52 bits per heavy atom. The number of fused-ring (bicyclic) bond motifs is 2. The van der Waals surface area contributed by atoms with Crippen LogP contribution >= 0.6 is 22.9 Å². The summed E-state index contributed by atoms with van der Waals surface area (Å²) in [5.41, 5.74) is 6.83. The van der Waals surface area contributed by atoms with Gasteiger partial charge < -0.3 is 40.2 Å². The van der Waals surface area contributed by atoms with Gasteiger partial charge in [0.25, 0.3) is 0 Å². The number of carbonyl (C=O) groups excluding carboxylic acids is 3. The van der Waals surface area contributed by atoms with Crippen LogP contribution in [0.25, 0.3) is 22.3 Å². The fourth-order valence-corrected chi connectivity index (χ4v) is 9.37. The number of halogens is 1. The molecular weight excluding hydrogens is 758 g/mol. The van der Waals surface area contributed by atoms with Gasteiger partial charge in [-0.05, 0) is 69.0 Å². The van der Waals surface area contributed by atoms with Gasteiger partial charge in [-0.2, -0.15) is 0 Å². The molecule has 1 aromatic carbocycles. The summed E-state index contributed by atoms with van der Waals surface area (Å²) in [4.78, 5) is 53.7. The van der Waals surface area contributed by atoms with Crippen LogP contribution in [0.1, 0.15) is 60.8 Å². The van der Waals surface area contributed by atoms with Crippen molar-refractivity contribution in [3.63, 3.8) is 0 Å². The highest BCUT2D eigenvalue weighted by Crippen LogP contribution is 2.57. The maximum absolute atomic E-state index is 14.3. The molecule has 2 saturated carbocycles. The number of pyridine rings is 1. The largest absolute Gasteiger partial charge is 0.490 e. The van der Waals surface area contributed by atoms with Crippen molar-refractivity contribution in [2.24, 2.45) is 28.9 Å². The van der Waals surface area contributed by atoms with Crippen molar-refractivity contribution in [2.45, 2.75) is 97.2 Å². The van der Waals surface area contributed by atoms with Crippen molar-refractivity contribution in [3.05, 3.63) is 28.6 Å². The van der Waals surface area contributed by atoms with E-state index in [2.05, 4.69) is 22.5 Å². The summed E-state index contributed by atoms with van der Waals surface area (Å²) >= 11 is 8.52. The number of carbonyl (C=O) groups is 3. The summed E-state index contributed by atoms with van der Waals surface area (Å²) < 4.78 is 24.4. The van der Waals surface area contributed by atoms with E-state index in [-0.39, 0.29) is 31.2 Å². The molecule has 304 valence electrons. The third kappa shape index (κ3) is 8.65. The van der Waals surface area contributed by atoms with Crippen LogP contribution in [0.5, 0.6) is 11.5 Å². The fourth-order valence-electron chi connectivity index (χ4n) is 8.26. The minimum Gasteiger partial charge on any atom is -0.490 e. The number of amides is 3. The Bertz CT molecular complexity index is 1940. The molecule has 2 saturated heterocycles. The van der Waals surface area contributed by atoms with Crippen LogP contribution in [0.3, 0.4) is 0 Å². The third-order valence-electron chi connectivity index (χ3n) is 11.6. The molecule has 0 bridgehead atoms. The molecule has 7 rings (SSSR count). The van der Waals surface area contributed by atoms with Crippen LogP contribution in [0, 0.1) is 23.2 Å². The molecule has 2 aromatic heterocycles. The monoisotopic (exact) mass is 811 g/mol. The first-order chi connectivity index (χ1) is 26.6. The van der Waals surface area contributed by atoms with Crippen LogP contribution in [-0.2, 0) is 19.1 Å². The minimum atomic E-state index is -0.977. The average Bonchev–Trinajstić information content (AvgIpc) is 3.62. The third-order valence-corrected chi connectivity index (χ3v) is 12.8. The normalized spacial score (nSPS) is 26.9. The van der Waals surface area contributed by atoms with Crippen molar-refractivity contribution in [1.82, 2.24) is 25.1 Å². The number of nitrogens with zero attached hydrogens (tertiary/aromatic N) is 4. The Kier molecular flexibility index (Phi) is 11.6. The van der Waals surface area contributed by atoms with E-state index in [0.717, 1.165) is 24.5 Å². The molecule has 0 radical (unpaired) electrons. The summed E-state index contributed by atoms with van der Waals surface area (Å²) in [6.45, 7) is 14.4. The molecule has 8 atom stereocenters. The van der Waals surface area contributed by atoms with E-state index in [1.165, 1.54) is 16.2 Å². The van der Waals surface area contributed by atoms with Gasteiger partial charge in [0.1, 0.15) is 53.1 Å². The number of likely N-dealkylation sites (N-methyl/N-ethyl adjacent to an activating group) is 1. The molecule has 3 unspecified atom stereocenters. The van der Waals surface area contributed by atoms with E-state index in [4.69, 9.17) is 46.3 Å². The first-order valence-corrected chi connectivity index (χ1v) is 20.8. The number of nitrogens with two attached hydrogens (primary N) is 1. The first-order valence-electron chi connectivity index (χ1n) is 19.6. The lowest BCUT2D eigenvalue weighted by Gasteiger charge is -2.35.